The van der Waals surface area contributed by atoms with Crippen LogP contribution in [0.1, 0.15) is 5.56 Å². The second kappa shape index (κ2) is 4.17. The molecule has 0 aliphatic carbocycles. The van der Waals surface area contributed by atoms with Crippen LogP contribution in [-0.4, -0.2) is 14.9 Å². The Labute approximate surface area is 97.3 Å². The summed E-state index contributed by atoms with van der Waals surface area (Å²) in [5, 5.41) is 10.9. The molecule has 1 heterocycles. The first kappa shape index (κ1) is 11.0. The maximum Gasteiger partial charge on any atom is 0.337 e. The number of nitrogens with zero attached hydrogens (tertiary/aromatic N) is 3. The van der Waals surface area contributed by atoms with Crippen LogP contribution in [0.25, 0.3) is 11.3 Å². The van der Waals surface area contributed by atoms with Crippen molar-refractivity contribution in [3.05, 3.63) is 46.3 Å². The number of aromatic nitrogens is 2. The van der Waals surface area contributed by atoms with E-state index in [4.69, 9.17) is 5.73 Å². The molecule has 0 spiro atoms. The minimum atomic E-state index is -0.565. The standard InChI is InChI=1S/C11H10N4O2/c1-7-2-4-8(5-3-7)9-10(15(16)17)11(12)14-6-13-9/h2-6H,1H3,(H2,12,13,14). The van der Waals surface area contributed by atoms with Crippen LogP contribution in [0, 0.1) is 17.0 Å². The van der Waals surface area contributed by atoms with Crippen LogP contribution >= 0.6 is 0 Å². The molecule has 2 N–H and O–H groups in total. The van der Waals surface area contributed by atoms with Crippen LogP contribution in [0.4, 0.5) is 11.5 Å². The molecule has 0 amide bonds. The lowest BCUT2D eigenvalue weighted by Gasteiger charge is -2.03. The van der Waals surface area contributed by atoms with Gasteiger partial charge in [0.25, 0.3) is 0 Å². The number of nitrogen functional groups attached to an aromatic ring is 1. The molecule has 6 nitrogen and oxygen atoms in total. The molecule has 0 unspecified atom stereocenters. The van der Waals surface area contributed by atoms with E-state index < -0.39 is 4.92 Å². The van der Waals surface area contributed by atoms with Gasteiger partial charge in [-0.1, -0.05) is 29.8 Å². The number of aryl methyl sites for hydroxylation is 1. The summed E-state index contributed by atoms with van der Waals surface area (Å²) in [5.41, 5.74) is 7.20. The van der Waals surface area contributed by atoms with Gasteiger partial charge in [-0.2, -0.15) is 0 Å². The van der Waals surface area contributed by atoms with Crippen molar-refractivity contribution in [2.24, 2.45) is 0 Å². The number of hydrogen-bond acceptors (Lipinski definition) is 5. The molecule has 17 heavy (non-hydrogen) atoms. The van der Waals surface area contributed by atoms with E-state index in [1.807, 2.05) is 19.1 Å². The molecule has 1 aromatic heterocycles. The van der Waals surface area contributed by atoms with Gasteiger partial charge in [-0.05, 0) is 6.92 Å². The first-order chi connectivity index (χ1) is 8.09. The first-order valence-electron chi connectivity index (χ1n) is 4.91. The van der Waals surface area contributed by atoms with Gasteiger partial charge in [0.15, 0.2) is 5.69 Å². The van der Waals surface area contributed by atoms with Gasteiger partial charge in [0.1, 0.15) is 6.33 Å². The quantitative estimate of drug-likeness (QED) is 0.628. The molecule has 86 valence electrons. The van der Waals surface area contributed by atoms with Gasteiger partial charge >= 0.3 is 5.69 Å². The molecule has 0 aliphatic heterocycles. The highest BCUT2D eigenvalue weighted by Gasteiger charge is 2.21. The number of rotatable bonds is 2. The Kier molecular flexibility index (Phi) is 2.70. The monoisotopic (exact) mass is 230 g/mol. The van der Waals surface area contributed by atoms with E-state index in [-0.39, 0.29) is 17.2 Å². The van der Waals surface area contributed by atoms with Crippen molar-refractivity contribution >= 4 is 11.5 Å². The highest BCUT2D eigenvalue weighted by molar-refractivity contribution is 5.75. The topological polar surface area (TPSA) is 94.9 Å². The lowest BCUT2D eigenvalue weighted by molar-refractivity contribution is -0.383. The Hall–Kier alpha value is -2.50. The molecule has 2 rings (SSSR count). The fourth-order valence-electron chi connectivity index (χ4n) is 1.50. The average Bonchev–Trinajstić information content (AvgIpc) is 2.29. The van der Waals surface area contributed by atoms with Gasteiger partial charge in [-0.15, -0.1) is 0 Å². The van der Waals surface area contributed by atoms with Gasteiger partial charge < -0.3 is 5.73 Å². The summed E-state index contributed by atoms with van der Waals surface area (Å²) < 4.78 is 0. The minimum absolute atomic E-state index is 0.124. The third-order valence-corrected chi connectivity index (χ3v) is 2.36. The Balaban J connectivity index is 2.63. The smallest absolute Gasteiger partial charge is 0.337 e. The van der Waals surface area contributed by atoms with E-state index in [2.05, 4.69) is 9.97 Å². The van der Waals surface area contributed by atoms with Gasteiger partial charge in [-0.25, -0.2) is 9.97 Å². The van der Waals surface area contributed by atoms with E-state index in [0.29, 0.717) is 5.56 Å². The summed E-state index contributed by atoms with van der Waals surface area (Å²) in [7, 11) is 0. The summed E-state index contributed by atoms with van der Waals surface area (Å²) in [6.45, 7) is 1.94. The van der Waals surface area contributed by atoms with E-state index in [1.54, 1.807) is 12.1 Å². The van der Waals surface area contributed by atoms with Crippen LogP contribution in [0.3, 0.4) is 0 Å². The third-order valence-electron chi connectivity index (χ3n) is 2.36. The minimum Gasteiger partial charge on any atom is -0.378 e. The second-order valence-corrected chi connectivity index (χ2v) is 3.58. The van der Waals surface area contributed by atoms with Gasteiger partial charge in [0, 0.05) is 5.56 Å². The molecule has 0 radical (unpaired) electrons. The van der Waals surface area contributed by atoms with Crippen molar-refractivity contribution in [3.63, 3.8) is 0 Å². The van der Waals surface area contributed by atoms with Gasteiger partial charge in [0.05, 0.1) is 4.92 Å². The molecule has 1 aromatic carbocycles. The number of nitro groups is 1. The zero-order valence-corrected chi connectivity index (χ0v) is 9.12. The zero-order valence-electron chi connectivity index (χ0n) is 9.12. The Morgan fingerprint density at radius 3 is 2.47 bits per heavy atom. The molecule has 0 saturated heterocycles. The highest BCUT2D eigenvalue weighted by Crippen LogP contribution is 2.30. The van der Waals surface area contributed by atoms with Crippen molar-refractivity contribution in [3.8, 4) is 11.3 Å². The molecular formula is C11H10N4O2. The normalized spacial score (nSPS) is 10.2. The molecule has 0 fully saturated rings. The van der Waals surface area contributed by atoms with Crippen molar-refractivity contribution < 1.29 is 4.92 Å². The largest absolute Gasteiger partial charge is 0.378 e. The molecule has 0 aliphatic rings. The lowest BCUT2D eigenvalue weighted by atomic mass is 10.1. The maximum atomic E-state index is 10.9. The predicted molar refractivity (Wildman–Crippen MR) is 63.3 cm³/mol. The fourth-order valence-corrected chi connectivity index (χ4v) is 1.50. The van der Waals surface area contributed by atoms with E-state index in [0.717, 1.165) is 5.56 Å². The summed E-state index contributed by atoms with van der Waals surface area (Å²) >= 11 is 0. The number of anilines is 1. The fraction of sp³-hybridized carbons (Fsp3) is 0.0909. The lowest BCUT2D eigenvalue weighted by Crippen LogP contribution is -2.02. The summed E-state index contributed by atoms with van der Waals surface area (Å²) in [6, 6.07) is 7.25. The zero-order chi connectivity index (χ0) is 12.4. The van der Waals surface area contributed by atoms with Crippen LogP contribution in [0.5, 0.6) is 0 Å². The van der Waals surface area contributed by atoms with E-state index in [1.165, 1.54) is 6.33 Å². The summed E-state index contributed by atoms with van der Waals surface area (Å²) in [4.78, 5) is 17.9. The van der Waals surface area contributed by atoms with Crippen molar-refractivity contribution in [1.29, 1.82) is 0 Å². The molecule has 0 saturated carbocycles. The van der Waals surface area contributed by atoms with Crippen LogP contribution < -0.4 is 5.73 Å². The molecular weight excluding hydrogens is 220 g/mol. The second-order valence-electron chi connectivity index (χ2n) is 3.58. The molecule has 2 aromatic rings. The highest BCUT2D eigenvalue weighted by atomic mass is 16.6. The van der Waals surface area contributed by atoms with Gasteiger partial charge in [-0.3, -0.25) is 10.1 Å². The van der Waals surface area contributed by atoms with E-state index in [9.17, 15) is 10.1 Å². The number of nitrogens with two attached hydrogens (primary N) is 1. The van der Waals surface area contributed by atoms with Crippen molar-refractivity contribution in [1.82, 2.24) is 9.97 Å². The molecule has 6 heteroatoms. The number of benzene rings is 1. The third kappa shape index (κ3) is 2.05. The van der Waals surface area contributed by atoms with Crippen molar-refractivity contribution in [2.45, 2.75) is 6.92 Å². The molecule has 0 bridgehead atoms. The SMILES string of the molecule is Cc1ccc(-c2ncnc(N)c2[N+](=O)[O-])cc1. The van der Waals surface area contributed by atoms with Crippen LogP contribution in [0.2, 0.25) is 0 Å². The Bertz CT molecular complexity index is 566. The predicted octanol–water partition coefficient (Wildman–Crippen LogP) is 1.94. The summed E-state index contributed by atoms with van der Waals surface area (Å²) in [6.07, 6.45) is 1.22. The van der Waals surface area contributed by atoms with Gasteiger partial charge in [0.2, 0.25) is 5.82 Å². The van der Waals surface area contributed by atoms with Crippen molar-refractivity contribution in [2.75, 3.05) is 5.73 Å². The maximum absolute atomic E-state index is 10.9. The first-order valence-corrected chi connectivity index (χ1v) is 4.91. The molecule has 0 atom stereocenters. The van der Waals surface area contributed by atoms with E-state index >= 15 is 0 Å². The number of hydrogen-bond donors (Lipinski definition) is 1. The van der Waals surface area contributed by atoms with Crippen LogP contribution in [0.15, 0.2) is 30.6 Å². The average molecular weight is 230 g/mol. The van der Waals surface area contributed by atoms with Crippen LogP contribution in [-0.2, 0) is 0 Å². The summed E-state index contributed by atoms with van der Waals surface area (Å²) in [5.74, 6) is -0.124. The Morgan fingerprint density at radius 2 is 1.88 bits per heavy atom. The Morgan fingerprint density at radius 1 is 1.24 bits per heavy atom.